The van der Waals surface area contributed by atoms with Crippen LogP contribution in [0.4, 0.5) is 0 Å². The lowest BCUT2D eigenvalue weighted by Crippen LogP contribution is -2.52. The monoisotopic (exact) mass is 639 g/mol. The molecule has 0 bridgehead atoms. The van der Waals surface area contributed by atoms with Gasteiger partial charge in [0.25, 0.3) is 0 Å². The van der Waals surface area contributed by atoms with Gasteiger partial charge in [-0.3, -0.25) is 9.59 Å². The van der Waals surface area contributed by atoms with Crippen molar-refractivity contribution in [2.24, 2.45) is 0 Å². The minimum atomic E-state index is -3.65. The van der Waals surface area contributed by atoms with Crippen molar-refractivity contribution in [2.45, 2.75) is 68.5 Å². The van der Waals surface area contributed by atoms with Crippen molar-refractivity contribution in [3.05, 3.63) is 101 Å². The molecule has 3 aromatic rings. The third-order valence-electron chi connectivity index (χ3n) is 7.55. The number of nitrogens with zero attached hydrogens (tertiary/aromatic N) is 2. The highest BCUT2D eigenvalue weighted by molar-refractivity contribution is 9.10. The predicted octanol–water partition coefficient (Wildman–Crippen LogP) is 5.55. The Labute approximate surface area is 252 Å². The number of hydrogen-bond donors (Lipinski definition) is 1. The average Bonchev–Trinajstić information content (AvgIpc) is 3.49. The third kappa shape index (κ3) is 8.74. The highest BCUT2D eigenvalue weighted by Crippen LogP contribution is 2.22. The quantitative estimate of drug-likeness (QED) is 0.266. The highest BCUT2D eigenvalue weighted by Gasteiger charge is 2.32. The van der Waals surface area contributed by atoms with E-state index < -0.39 is 16.1 Å². The van der Waals surface area contributed by atoms with E-state index in [9.17, 15) is 18.0 Å². The fraction of sp³-hybridized carbons (Fsp3) is 0.375. The number of carbonyl (C=O) groups excluding carboxylic acids is 2. The zero-order valence-electron chi connectivity index (χ0n) is 23.4. The number of amides is 2. The Balaban J connectivity index is 1.53. The molecule has 3 aromatic carbocycles. The number of benzene rings is 3. The molecule has 1 fully saturated rings. The molecule has 41 heavy (non-hydrogen) atoms. The Kier molecular flexibility index (Phi) is 11.1. The smallest absolute Gasteiger partial charge is 0.243 e. The van der Waals surface area contributed by atoms with E-state index in [0.717, 1.165) is 41.3 Å². The van der Waals surface area contributed by atoms with Gasteiger partial charge in [0.2, 0.25) is 21.8 Å². The Morgan fingerprint density at radius 1 is 0.902 bits per heavy atom. The van der Waals surface area contributed by atoms with Crippen LogP contribution < -0.4 is 5.32 Å². The van der Waals surface area contributed by atoms with Gasteiger partial charge in [0.15, 0.2) is 0 Å². The van der Waals surface area contributed by atoms with E-state index in [4.69, 9.17) is 0 Å². The van der Waals surface area contributed by atoms with Gasteiger partial charge in [-0.1, -0.05) is 89.4 Å². The van der Waals surface area contributed by atoms with Crippen LogP contribution in [0.2, 0.25) is 0 Å². The summed E-state index contributed by atoms with van der Waals surface area (Å²) >= 11 is 3.47. The minimum absolute atomic E-state index is 0.118. The summed E-state index contributed by atoms with van der Waals surface area (Å²) in [5.41, 5.74) is 1.89. The maximum absolute atomic E-state index is 13.9. The Bertz CT molecular complexity index is 1380. The molecule has 0 heterocycles. The number of nitrogens with one attached hydrogen (secondary N) is 1. The molecule has 1 N–H and O–H groups in total. The van der Waals surface area contributed by atoms with Gasteiger partial charge < -0.3 is 10.2 Å². The zero-order chi connectivity index (χ0) is 29.2. The molecule has 0 aromatic heterocycles. The van der Waals surface area contributed by atoms with E-state index in [1.165, 1.54) is 11.4 Å². The van der Waals surface area contributed by atoms with Gasteiger partial charge in [0, 0.05) is 43.5 Å². The molecule has 0 spiro atoms. The molecule has 1 aliphatic carbocycles. The van der Waals surface area contributed by atoms with E-state index in [0.29, 0.717) is 12.8 Å². The Morgan fingerprint density at radius 2 is 1.51 bits per heavy atom. The first-order valence-corrected chi connectivity index (χ1v) is 16.4. The molecular weight excluding hydrogens is 602 g/mol. The van der Waals surface area contributed by atoms with Crippen LogP contribution in [0.3, 0.4) is 0 Å². The molecule has 1 saturated carbocycles. The molecule has 0 aliphatic heterocycles. The van der Waals surface area contributed by atoms with E-state index in [1.807, 2.05) is 54.6 Å². The summed E-state index contributed by atoms with van der Waals surface area (Å²) in [5, 5.41) is 3.21. The molecular formula is C32H38BrN3O4S. The number of sulfonamides is 1. The van der Waals surface area contributed by atoms with Crippen LogP contribution in [0.5, 0.6) is 0 Å². The number of hydrogen-bond acceptors (Lipinski definition) is 4. The molecule has 2 amide bonds. The van der Waals surface area contributed by atoms with Gasteiger partial charge >= 0.3 is 0 Å². The lowest BCUT2D eigenvalue weighted by molar-refractivity contribution is -0.141. The number of rotatable bonds is 13. The second kappa shape index (κ2) is 14.8. The SMILES string of the molecule is CN(CCCC(=O)N(Cc1ccc(Br)cc1)C(Cc1ccccc1)C(=O)NC1CCCC1)S(=O)(=O)c1ccccc1. The standard InChI is InChI=1S/C32H38BrN3O4S/c1-35(41(39,40)29-15-6-3-7-16-29)22-10-17-31(37)36(24-26-18-20-27(33)21-19-26)30(23-25-11-4-2-5-12-25)32(38)34-28-13-8-9-14-28/h2-7,11-12,15-16,18-21,28,30H,8-10,13-14,17,22-24H2,1H3,(H,34,38). The lowest BCUT2D eigenvalue weighted by Gasteiger charge is -2.32. The zero-order valence-corrected chi connectivity index (χ0v) is 25.8. The third-order valence-corrected chi connectivity index (χ3v) is 9.95. The maximum atomic E-state index is 13.9. The maximum Gasteiger partial charge on any atom is 0.243 e. The van der Waals surface area contributed by atoms with E-state index in [2.05, 4.69) is 21.2 Å². The summed E-state index contributed by atoms with van der Waals surface area (Å²) in [4.78, 5) is 29.5. The van der Waals surface area contributed by atoms with Crippen LogP contribution in [0.1, 0.15) is 49.7 Å². The molecule has 1 unspecified atom stereocenters. The molecule has 9 heteroatoms. The van der Waals surface area contributed by atoms with Crippen molar-refractivity contribution in [1.29, 1.82) is 0 Å². The molecule has 7 nitrogen and oxygen atoms in total. The van der Waals surface area contributed by atoms with Crippen LogP contribution in [0.25, 0.3) is 0 Å². The van der Waals surface area contributed by atoms with Gasteiger partial charge in [-0.15, -0.1) is 0 Å². The summed E-state index contributed by atoms with van der Waals surface area (Å²) in [6.45, 7) is 0.465. The molecule has 1 aliphatic rings. The summed E-state index contributed by atoms with van der Waals surface area (Å²) in [5.74, 6) is -0.323. The van der Waals surface area contributed by atoms with E-state index >= 15 is 0 Å². The molecule has 0 saturated heterocycles. The van der Waals surface area contributed by atoms with Gasteiger partial charge in [-0.2, -0.15) is 0 Å². The number of carbonyl (C=O) groups is 2. The first kappa shape index (κ1) is 30.9. The van der Waals surface area contributed by atoms with E-state index in [1.54, 1.807) is 35.2 Å². The Morgan fingerprint density at radius 3 is 2.15 bits per heavy atom. The van der Waals surface area contributed by atoms with Gasteiger partial charge in [0.05, 0.1) is 4.90 Å². The normalized spacial score (nSPS) is 14.6. The fourth-order valence-corrected chi connectivity index (χ4v) is 6.69. The van der Waals surface area contributed by atoms with Crippen molar-refractivity contribution in [3.8, 4) is 0 Å². The second-order valence-electron chi connectivity index (χ2n) is 10.6. The topological polar surface area (TPSA) is 86.8 Å². The van der Waals surface area contributed by atoms with Crippen molar-refractivity contribution in [1.82, 2.24) is 14.5 Å². The summed E-state index contributed by atoms with van der Waals surface area (Å²) in [6.07, 6.45) is 4.93. The van der Waals surface area contributed by atoms with Crippen LogP contribution in [0, 0.1) is 0 Å². The van der Waals surface area contributed by atoms with Gasteiger partial charge in [0.1, 0.15) is 6.04 Å². The highest BCUT2D eigenvalue weighted by atomic mass is 79.9. The van der Waals surface area contributed by atoms with E-state index in [-0.39, 0.29) is 42.3 Å². The first-order chi connectivity index (χ1) is 19.7. The van der Waals surface area contributed by atoms with Crippen molar-refractivity contribution >= 4 is 37.8 Å². The lowest BCUT2D eigenvalue weighted by atomic mass is 10.0. The molecule has 1 atom stereocenters. The van der Waals surface area contributed by atoms with Gasteiger partial charge in [-0.25, -0.2) is 12.7 Å². The Hall–Kier alpha value is -3.01. The summed E-state index contributed by atoms with van der Waals surface area (Å²) in [6, 6.07) is 25.2. The molecule has 0 radical (unpaired) electrons. The van der Waals surface area contributed by atoms with Crippen LogP contribution in [0.15, 0.2) is 94.3 Å². The van der Waals surface area contributed by atoms with Crippen LogP contribution in [-0.4, -0.2) is 55.1 Å². The van der Waals surface area contributed by atoms with Crippen LogP contribution >= 0.6 is 15.9 Å². The van der Waals surface area contributed by atoms with Crippen LogP contribution in [-0.2, 0) is 32.6 Å². The van der Waals surface area contributed by atoms with Crippen molar-refractivity contribution < 1.29 is 18.0 Å². The second-order valence-corrected chi connectivity index (χ2v) is 13.5. The predicted molar refractivity (Wildman–Crippen MR) is 165 cm³/mol. The average molecular weight is 641 g/mol. The van der Waals surface area contributed by atoms with Crippen molar-refractivity contribution in [2.75, 3.05) is 13.6 Å². The number of halogens is 1. The summed E-state index contributed by atoms with van der Waals surface area (Å²) < 4.78 is 28.1. The summed E-state index contributed by atoms with van der Waals surface area (Å²) in [7, 11) is -2.13. The van der Waals surface area contributed by atoms with Crippen molar-refractivity contribution in [3.63, 3.8) is 0 Å². The minimum Gasteiger partial charge on any atom is -0.352 e. The molecule has 4 rings (SSSR count). The fourth-order valence-electron chi connectivity index (χ4n) is 5.20. The van der Waals surface area contributed by atoms with Gasteiger partial charge in [-0.05, 0) is 54.7 Å². The molecule has 218 valence electrons. The largest absolute Gasteiger partial charge is 0.352 e. The first-order valence-electron chi connectivity index (χ1n) is 14.1.